The van der Waals surface area contributed by atoms with E-state index in [0.29, 0.717) is 22.2 Å². The number of aromatic nitrogens is 3. The van der Waals surface area contributed by atoms with Crippen molar-refractivity contribution in [2.24, 2.45) is 5.10 Å². The van der Waals surface area contributed by atoms with Gasteiger partial charge in [0, 0.05) is 5.41 Å². The third-order valence-corrected chi connectivity index (χ3v) is 3.85. The van der Waals surface area contributed by atoms with Gasteiger partial charge in [0.1, 0.15) is 5.69 Å². The molecule has 1 N–H and O–H groups in total. The highest BCUT2D eigenvalue weighted by Gasteiger charge is 2.23. The van der Waals surface area contributed by atoms with Crippen molar-refractivity contribution >= 4 is 18.0 Å². The van der Waals surface area contributed by atoms with Crippen LogP contribution in [0.25, 0.3) is 0 Å². The zero-order valence-corrected chi connectivity index (χ0v) is 15.1. The van der Waals surface area contributed by atoms with Crippen molar-refractivity contribution in [2.45, 2.75) is 31.3 Å². The standard InChI is InChI=1S/C16H20N4O3S/c1-16(2,3)13-14(22)20(15(24-5)19-18-13)17-9-10-6-7-11(21)12(8-10)23-4/h6-9,21H,1-5H3/b17-9-. The van der Waals surface area contributed by atoms with Gasteiger partial charge < -0.3 is 9.84 Å². The number of benzene rings is 1. The summed E-state index contributed by atoms with van der Waals surface area (Å²) in [6.45, 7) is 5.70. The monoisotopic (exact) mass is 348 g/mol. The van der Waals surface area contributed by atoms with Crippen LogP contribution in [0.2, 0.25) is 0 Å². The Hall–Kier alpha value is -2.35. The molecule has 0 unspecified atom stereocenters. The Kier molecular flexibility index (Phi) is 5.28. The van der Waals surface area contributed by atoms with Crippen LogP contribution in [-0.2, 0) is 5.41 Å². The number of nitrogens with zero attached hydrogens (tertiary/aromatic N) is 4. The second-order valence-corrected chi connectivity index (χ2v) is 6.85. The molecule has 128 valence electrons. The van der Waals surface area contributed by atoms with E-state index in [-0.39, 0.29) is 11.3 Å². The highest BCUT2D eigenvalue weighted by molar-refractivity contribution is 7.98. The van der Waals surface area contributed by atoms with Crippen molar-refractivity contribution in [3.05, 3.63) is 39.8 Å². The minimum atomic E-state index is -0.431. The lowest BCUT2D eigenvalue weighted by molar-refractivity contribution is 0.373. The number of thioether (sulfide) groups is 1. The fraction of sp³-hybridized carbons (Fsp3) is 0.375. The minimum Gasteiger partial charge on any atom is -0.504 e. The first kappa shape index (κ1) is 18.0. The summed E-state index contributed by atoms with van der Waals surface area (Å²) in [5.41, 5.74) is 0.294. The number of hydrogen-bond acceptors (Lipinski definition) is 7. The summed E-state index contributed by atoms with van der Waals surface area (Å²) >= 11 is 1.29. The first-order valence-corrected chi connectivity index (χ1v) is 8.46. The molecular weight excluding hydrogens is 328 g/mol. The van der Waals surface area contributed by atoms with Gasteiger partial charge in [0.05, 0.1) is 13.3 Å². The molecule has 24 heavy (non-hydrogen) atoms. The topological polar surface area (TPSA) is 89.6 Å². The number of hydrogen-bond donors (Lipinski definition) is 1. The van der Waals surface area contributed by atoms with Crippen LogP contribution in [0.4, 0.5) is 0 Å². The largest absolute Gasteiger partial charge is 0.504 e. The Labute approximate surface area is 144 Å². The van der Waals surface area contributed by atoms with Crippen LogP contribution < -0.4 is 10.3 Å². The molecule has 0 radical (unpaired) electrons. The Morgan fingerprint density at radius 3 is 2.62 bits per heavy atom. The molecule has 0 amide bonds. The van der Waals surface area contributed by atoms with E-state index in [1.54, 1.807) is 18.4 Å². The predicted octanol–water partition coefficient (Wildman–Crippen LogP) is 2.25. The van der Waals surface area contributed by atoms with E-state index in [1.165, 1.54) is 35.8 Å². The van der Waals surface area contributed by atoms with E-state index in [0.717, 1.165) is 0 Å². The maximum atomic E-state index is 12.7. The third kappa shape index (κ3) is 3.76. The van der Waals surface area contributed by atoms with E-state index in [2.05, 4.69) is 15.3 Å². The van der Waals surface area contributed by atoms with E-state index >= 15 is 0 Å². The summed E-state index contributed by atoms with van der Waals surface area (Å²) in [7, 11) is 1.47. The van der Waals surface area contributed by atoms with Gasteiger partial charge in [-0.1, -0.05) is 32.5 Å². The SMILES string of the molecule is COc1cc(/C=N\n2c(SC)nnc(C(C)(C)C)c2=O)ccc1O. The second-order valence-electron chi connectivity index (χ2n) is 6.08. The Balaban J connectivity index is 2.50. The molecule has 1 heterocycles. The van der Waals surface area contributed by atoms with Gasteiger partial charge >= 0.3 is 0 Å². The van der Waals surface area contributed by atoms with E-state index < -0.39 is 5.41 Å². The molecule has 0 saturated heterocycles. The van der Waals surface area contributed by atoms with Gasteiger partial charge in [-0.2, -0.15) is 9.78 Å². The summed E-state index contributed by atoms with van der Waals surface area (Å²) in [6.07, 6.45) is 3.31. The lowest BCUT2D eigenvalue weighted by Gasteiger charge is -2.16. The maximum absolute atomic E-state index is 12.7. The molecule has 0 aliphatic carbocycles. The van der Waals surface area contributed by atoms with Gasteiger partial charge in [-0.25, -0.2) is 0 Å². The Morgan fingerprint density at radius 1 is 1.33 bits per heavy atom. The smallest absolute Gasteiger partial charge is 0.297 e. The summed E-state index contributed by atoms with van der Waals surface area (Å²) in [6, 6.07) is 4.80. The quantitative estimate of drug-likeness (QED) is 0.673. The molecule has 0 aliphatic rings. The lowest BCUT2D eigenvalue weighted by atomic mass is 9.93. The molecule has 0 spiro atoms. The van der Waals surface area contributed by atoms with E-state index in [9.17, 15) is 9.90 Å². The first-order chi connectivity index (χ1) is 11.3. The van der Waals surface area contributed by atoms with E-state index in [4.69, 9.17) is 4.74 Å². The van der Waals surface area contributed by atoms with Crippen molar-refractivity contribution in [1.29, 1.82) is 0 Å². The van der Waals surface area contributed by atoms with Crippen LogP contribution >= 0.6 is 11.8 Å². The molecule has 7 nitrogen and oxygen atoms in total. The van der Waals surface area contributed by atoms with Gasteiger partial charge in [0.15, 0.2) is 11.5 Å². The third-order valence-electron chi connectivity index (χ3n) is 3.23. The molecular formula is C16H20N4O3S. The zero-order chi connectivity index (χ0) is 17.9. The summed E-state index contributed by atoms with van der Waals surface area (Å²) in [5.74, 6) is 0.372. The number of rotatable bonds is 4. The fourth-order valence-electron chi connectivity index (χ4n) is 1.96. The average Bonchev–Trinajstić information content (AvgIpc) is 2.53. The molecule has 2 aromatic rings. The normalized spacial score (nSPS) is 11.9. The molecule has 1 aromatic heterocycles. The maximum Gasteiger partial charge on any atom is 0.297 e. The molecule has 0 fully saturated rings. The molecule has 2 rings (SSSR count). The minimum absolute atomic E-state index is 0.0391. The van der Waals surface area contributed by atoms with Crippen molar-refractivity contribution in [3.63, 3.8) is 0 Å². The van der Waals surface area contributed by atoms with Crippen molar-refractivity contribution < 1.29 is 9.84 Å². The second kappa shape index (κ2) is 7.04. The van der Waals surface area contributed by atoms with Crippen LogP contribution in [-0.4, -0.2) is 39.6 Å². The fourth-order valence-corrected chi connectivity index (χ4v) is 2.39. The molecule has 0 aliphatic heterocycles. The molecule has 8 heteroatoms. The van der Waals surface area contributed by atoms with Crippen LogP contribution in [0.15, 0.2) is 33.3 Å². The first-order valence-electron chi connectivity index (χ1n) is 7.23. The predicted molar refractivity (Wildman–Crippen MR) is 94.4 cm³/mol. The van der Waals surface area contributed by atoms with Crippen LogP contribution in [0.5, 0.6) is 11.5 Å². The molecule has 0 atom stereocenters. The number of phenols is 1. The van der Waals surface area contributed by atoms with Gasteiger partial charge in [-0.05, 0) is 30.0 Å². The lowest BCUT2D eigenvalue weighted by Crippen LogP contribution is -2.32. The van der Waals surface area contributed by atoms with Crippen LogP contribution in [0.3, 0.4) is 0 Å². The van der Waals surface area contributed by atoms with Crippen molar-refractivity contribution in [2.75, 3.05) is 13.4 Å². The number of phenolic OH excluding ortho intramolecular Hbond substituents is 1. The van der Waals surface area contributed by atoms with Crippen LogP contribution in [0.1, 0.15) is 32.0 Å². The molecule has 1 aromatic carbocycles. The highest BCUT2D eigenvalue weighted by Crippen LogP contribution is 2.25. The van der Waals surface area contributed by atoms with Crippen molar-refractivity contribution in [3.8, 4) is 11.5 Å². The molecule has 0 bridgehead atoms. The zero-order valence-electron chi connectivity index (χ0n) is 14.3. The van der Waals surface area contributed by atoms with Gasteiger partial charge in [0.2, 0.25) is 5.16 Å². The summed E-state index contributed by atoms with van der Waals surface area (Å²) in [5, 5.41) is 22.4. The average molecular weight is 348 g/mol. The van der Waals surface area contributed by atoms with E-state index in [1.807, 2.05) is 20.8 Å². The summed E-state index contributed by atoms with van der Waals surface area (Å²) < 4.78 is 6.30. The van der Waals surface area contributed by atoms with Crippen LogP contribution in [0, 0.1) is 0 Å². The number of aromatic hydroxyl groups is 1. The Bertz CT molecular complexity index is 825. The van der Waals surface area contributed by atoms with Gasteiger partial charge in [-0.3, -0.25) is 4.79 Å². The molecule has 0 saturated carbocycles. The van der Waals surface area contributed by atoms with Gasteiger partial charge in [0.25, 0.3) is 5.56 Å². The Morgan fingerprint density at radius 2 is 2.04 bits per heavy atom. The summed E-state index contributed by atoms with van der Waals surface area (Å²) in [4.78, 5) is 12.7. The highest BCUT2D eigenvalue weighted by atomic mass is 32.2. The van der Waals surface area contributed by atoms with Gasteiger partial charge in [-0.15, -0.1) is 10.2 Å². The van der Waals surface area contributed by atoms with Crippen molar-refractivity contribution in [1.82, 2.24) is 14.9 Å². The number of ether oxygens (including phenoxy) is 1. The number of methoxy groups -OCH3 is 1.